The van der Waals surface area contributed by atoms with Crippen LogP contribution in [0.1, 0.15) is 39.2 Å². The SMILES string of the molecule is CCNC(=NCCCc1ccccc1)NCCC(=O)N(CC)CC.I. The van der Waals surface area contributed by atoms with Crippen molar-refractivity contribution in [3.05, 3.63) is 35.9 Å². The van der Waals surface area contributed by atoms with E-state index >= 15 is 0 Å². The van der Waals surface area contributed by atoms with Gasteiger partial charge in [-0.3, -0.25) is 9.79 Å². The fraction of sp³-hybridized carbons (Fsp3) is 0.579. The Hall–Kier alpha value is -1.31. The van der Waals surface area contributed by atoms with Crippen LogP contribution < -0.4 is 10.6 Å². The Morgan fingerprint density at radius 3 is 2.36 bits per heavy atom. The largest absolute Gasteiger partial charge is 0.357 e. The zero-order valence-electron chi connectivity index (χ0n) is 15.8. The highest BCUT2D eigenvalue weighted by Crippen LogP contribution is 2.02. The van der Waals surface area contributed by atoms with Crippen molar-refractivity contribution >= 4 is 35.8 Å². The second kappa shape index (κ2) is 15.0. The molecule has 142 valence electrons. The van der Waals surface area contributed by atoms with Crippen molar-refractivity contribution in [3.63, 3.8) is 0 Å². The van der Waals surface area contributed by atoms with E-state index in [0.717, 1.165) is 45.0 Å². The number of hydrogen-bond donors (Lipinski definition) is 2. The zero-order valence-corrected chi connectivity index (χ0v) is 18.1. The van der Waals surface area contributed by atoms with E-state index in [9.17, 15) is 4.79 Å². The Labute approximate surface area is 169 Å². The lowest BCUT2D eigenvalue weighted by Gasteiger charge is -2.19. The molecule has 0 radical (unpaired) electrons. The number of rotatable bonds is 10. The second-order valence-corrected chi connectivity index (χ2v) is 5.59. The highest BCUT2D eigenvalue weighted by atomic mass is 127. The maximum Gasteiger partial charge on any atom is 0.224 e. The van der Waals surface area contributed by atoms with E-state index in [4.69, 9.17) is 0 Å². The van der Waals surface area contributed by atoms with E-state index in [-0.39, 0.29) is 29.9 Å². The van der Waals surface area contributed by atoms with Gasteiger partial charge in [0.05, 0.1) is 0 Å². The average Bonchev–Trinajstić information content (AvgIpc) is 2.60. The van der Waals surface area contributed by atoms with E-state index in [1.165, 1.54) is 5.56 Å². The Morgan fingerprint density at radius 1 is 1.08 bits per heavy atom. The first kappa shape index (κ1) is 23.7. The second-order valence-electron chi connectivity index (χ2n) is 5.59. The van der Waals surface area contributed by atoms with Gasteiger partial charge in [0.15, 0.2) is 5.96 Å². The molecule has 0 saturated heterocycles. The minimum Gasteiger partial charge on any atom is -0.357 e. The Balaban J connectivity index is 0.00000576. The van der Waals surface area contributed by atoms with E-state index in [0.29, 0.717) is 13.0 Å². The highest BCUT2D eigenvalue weighted by Gasteiger charge is 2.08. The van der Waals surface area contributed by atoms with Crippen LogP contribution >= 0.6 is 24.0 Å². The minimum absolute atomic E-state index is 0. The molecule has 1 amide bonds. The van der Waals surface area contributed by atoms with Crippen LogP contribution in [0.5, 0.6) is 0 Å². The van der Waals surface area contributed by atoms with Gasteiger partial charge in [-0.25, -0.2) is 0 Å². The third kappa shape index (κ3) is 10.3. The first-order valence-electron chi connectivity index (χ1n) is 9.05. The predicted octanol–water partition coefficient (Wildman–Crippen LogP) is 3.05. The molecule has 0 saturated carbocycles. The molecule has 0 heterocycles. The van der Waals surface area contributed by atoms with E-state index in [2.05, 4.69) is 39.9 Å². The van der Waals surface area contributed by atoms with Gasteiger partial charge in [-0.15, -0.1) is 24.0 Å². The molecule has 1 aromatic carbocycles. The number of carbonyl (C=O) groups excluding carboxylic acids is 1. The van der Waals surface area contributed by atoms with Gasteiger partial charge >= 0.3 is 0 Å². The lowest BCUT2D eigenvalue weighted by molar-refractivity contribution is -0.130. The number of nitrogens with one attached hydrogen (secondary N) is 2. The monoisotopic (exact) mass is 460 g/mol. The van der Waals surface area contributed by atoms with Crippen LogP contribution in [0.3, 0.4) is 0 Å². The zero-order chi connectivity index (χ0) is 17.6. The van der Waals surface area contributed by atoms with Gasteiger partial charge < -0.3 is 15.5 Å². The smallest absolute Gasteiger partial charge is 0.224 e. The van der Waals surface area contributed by atoms with Crippen LogP contribution in [0.25, 0.3) is 0 Å². The van der Waals surface area contributed by atoms with Crippen LogP contribution in [0.2, 0.25) is 0 Å². The van der Waals surface area contributed by atoms with Crippen LogP contribution in [-0.2, 0) is 11.2 Å². The molecule has 0 aliphatic carbocycles. The number of aryl methyl sites for hydroxylation is 1. The van der Waals surface area contributed by atoms with E-state index in [1.54, 1.807) is 0 Å². The topological polar surface area (TPSA) is 56.7 Å². The first-order chi connectivity index (χ1) is 11.7. The van der Waals surface area contributed by atoms with Crippen LogP contribution in [0.4, 0.5) is 0 Å². The number of hydrogen-bond acceptors (Lipinski definition) is 2. The third-order valence-electron chi connectivity index (χ3n) is 3.83. The molecule has 0 spiro atoms. The molecule has 0 aliphatic rings. The molecule has 5 nitrogen and oxygen atoms in total. The average molecular weight is 460 g/mol. The van der Waals surface area contributed by atoms with Crippen molar-refractivity contribution in [1.29, 1.82) is 0 Å². The number of amides is 1. The molecule has 0 bridgehead atoms. The lowest BCUT2D eigenvalue weighted by atomic mass is 10.1. The summed E-state index contributed by atoms with van der Waals surface area (Å²) in [5, 5.41) is 6.47. The van der Waals surface area contributed by atoms with Gasteiger partial charge in [0.1, 0.15) is 0 Å². The fourth-order valence-corrected chi connectivity index (χ4v) is 2.48. The van der Waals surface area contributed by atoms with Crippen LogP contribution in [0, 0.1) is 0 Å². The standard InChI is InChI=1S/C19H32N4O.HI/c1-4-20-19(22-16-14-18(24)23(5-2)6-3)21-15-10-13-17-11-8-7-9-12-17;/h7-9,11-12H,4-6,10,13-16H2,1-3H3,(H2,20,21,22);1H. The molecule has 0 unspecified atom stereocenters. The Bertz CT molecular complexity index is 489. The van der Waals surface area contributed by atoms with Gasteiger partial charge in [-0.2, -0.15) is 0 Å². The molecule has 1 rings (SSSR count). The predicted molar refractivity (Wildman–Crippen MR) is 117 cm³/mol. The summed E-state index contributed by atoms with van der Waals surface area (Å²) in [7, 11) is 0. The summed E-state index contributed by atoms with van der Waals surface area (Å²) in [4.78, 5) is 18.4. The summed E-state index contributed by atoms with van der Waals surface area (Å²) in [5.41, 5.74) is 1.34. The molecule has 0 aliphatic heterocycles. The first-order valence-corrected chi connectivity index (χ1v) is 9.05. The number of nitrogens with zero attached hydrogens (tertiary/aromatic N) is 2. The maximum absolute atomic E-state index is 12.0. The van der Waals surface area contributed by atoms with Crippen molar-refractivity contribution < 1.29 is 4.79 Å². The van der Waals surface area contributed by atoms with Crippen LogP contribution in [0.15, 0.2) is 35.3 Å². The number of halogens is 1. The summed E-state index contributed by atoms with van der Waals surface area (Å²) in [6.45, 7) is 9.79. The summed E-state index contributed by atoms with van der Waals surface area (Å²) in [6.07, 6.45) is 2.54. The van der Waals surface area contributed by atoms with Gasteiger partial charge in [-0.05, 0) is 39.2 Å². The molecule has 0 atom stereocenters. The number of guanidine groups is 1. The summed E-state index contributed by atoms with van der Waals surface area (Å²) < 4.78 is 0. The van der Waals surface area contributed by atoms with Gasteiger partial charge in [0, 0.05) is 39.1 Å². The summed E-state index contributed by atoms with van der Waals surface area (Å²) >= 11 is 0. The van der Waals surface area contributed by atoms with Crippen molar-refractivity contribution in [1.82, 2.24) is 15.5 Å². The fourth-order valence-electron chi connectivity index (χ4n) is 2.48. The van der Waals surface area contributed by atoms with Crippen molar-refractivity contribution in [2.24, 2.45) is 4.99 Å². The summed E-state index contributed by atoms with van der Waals surface area (Å²) in [5.74, 6) is 0.977. The van der Waals surface area contributed by atoms with Gasteiger partial charge in [-0.1, -0.05) is 30.3 Å². The summed E-state index contributed by atoms with van der Waals surface area (Å²) in [6, 6.07) is 10.5. The quantitative estimate of drug-likeness (QED) is 0.244. The Morgan fingerprint density at radius 2 is 1.76 bits per heavy atom. The molecular weight excluding hydrogens is 427 g/mol. The normalized spacial score (nSPS) is 10.8. The molecule has 1 aromatic rings. The van der Waals surface area contributed by atoms with E-state index in [1.807, 2.05) is 31.7 Å². The number of benzene rings is 1. The molecule has 0 aromatic heterocycles. The third-order valence-corrected chi connectivity index (χ3v) is 3.83. The molecular formula is C19H33IN4O. The van der Waals surface area contributed by atoms with Gasteiger partial charge in [0.25, 0.3) is 0 Å². The maximum atomic E-state index is 12.0. The van der Waals surface area contributed by atoms with Gasteiger partial charge in [0.2, 0.25) is 5.91 Å². The molecule has 6 heteroatoms. The Kier molecular flexibility index (Phi) is 14.2. The van der Waals surface area contributed by atoms with Crippen molar-refractivity contribution in [2.45, 2.75) is 40.0 Å². The molecule has 2 N–H and O–H groups in total. The lowest BCUT2D eigenvalue weighted by Crippen LogP contribution is -2.40. The number of carbonyl (C=O) groups is 1. The van der Waals surface area contributed by atoms with Crippen molar-refractivity contribution in [3.8, 4) is 0 Å². The van der Waals surface area contributed by atoms with Crippen molar-refractivity contribution in [2.75, 3.05) is 32.7 Å². The highest BCUT2D eigenvalue weighted by molar-refractivity contribution is 14.0. The molecule has 0 fully saturated rings. The number of aliphatic imine (C=N–C) groups is 1. The van der Waals surface area contributed by atoms with Crippen LogP contribution in [-0.4, -0.2) is 49.5 Å². The minimum atomic E-state index is 0. The van der Waals surface area contributed by atoms with E-state index < -0.39 is 0 Å². The molecule has 25 heavy (non-hydrogen) atoms.